The number of nitrogens with zero attached hydrogens (tertiary/aromatic N) is 2. The van der Waals surface area contributed by atoms with Gasteiger partial charge in [0.25, 0.3) is 0 Å². The van der Waals surface area contributed by atoms with E-state index >= 15 is 0 Å². The monoisotopic (exact) mass is 368 g/mol. The molecule has 27 heavy (non-hydrogen) atoms. The number of hydrogen-bond acceptors (Lipinski definition) is 5. The maximum absolute atomic E-state index is 6.03. The quantitative estimate of drug-likeness (QED) is 0.668. The van der Waals surface area contributed by atoms with E-state index in [-0.39, 0.29) is 6.10 Å². The number of benzene rings is 2. The summed E-state index contributed by atoms with van der Waals surface area (Å²) in [5.74, 6) is 1.45. The lowest BCUT2D eigenvalue weighted by Crippen LogP contribution is -2.29. The molecule has 1 aliphatic heterocycles. The first kappa shape index (κ1) is 19.1. The molecule has 1 unspecified atom stereocenters. The predicted molar refractivity (Wildman–Crippen MR) is 107 cm³/mol. The third-order valence-corrected chi connectivity index (χ3v) is 4.63. The van der Waals surface area contributed by atoms with Crippen molar-refractivity contribution in [3.63, 3.8) is 0 Å². The molecule has 0 aromatic heterocycles. The molecular formula is C22H28N2O3. The van der Waals surface area contributed by atoms with Crippen molar-refractivity contribution in [3.05, 3.63) is 72.1 Å². The van der Waals surface area contributed by atoms with Crippen LogP contribution >= 0.6 is 0 Å². The van der Waals surface area contributed by atoms with Crippen molar-refractivity contribution in [2.45, 2.75) is 19.6 Å². The molecule has 0 spiro atoms. The zero-order valence-electron chi connectivity index (χ0n) is 16.3. The van der Waals surface area contributed by atoms with Gasteiger partial charge in [0.1, 0.15) is 6.10 Å². The highest BCUT2D eigenvalue weighted by molar-refractivity contribution is 5.43. The first-order valence-corrected chi connectivity index (χ1v) is 9.27. The molecular weight excluding hydrogens is 340 g/mol. The van der Waals surface area contributed by atoms with Crippen LogP contribution in [-0.2, 0) is 11.3 Å². The highest BCUT2D eigenvalue weighted by Gasteiger charge is 2.20. The first-order chi connectivity index (χ1) is 13.2. The molecule has 2 aromatic carbocycles. The fourth-order valence-electron chi connectivity index (χ4n) is 3.28. The van der Waals surface area contributed by atoms with Gasteiger partial charge in [-0.05, 0) is 30.2 Å². The Morgan fingerprint density at radius 3 is 2.37 bits per heavy atom. The minimum Gasteiger partial charge on any atom is -0.493 e. The van der Waals surface area contributed by atoms with Crippen LogP contribution < -0.4 is 9.47 Å². The van der Waals surface area contributed by atoms with E-state index in [1.165, 1.54) is 5.56 Å². The van der Waals surface area contributed by atoms with Gasteiger partial charge < -0.3 is 24.0 Å². The van der Waals surface area contributed by atoms with Gasteiger partial charge in [0.05, 0.1) is 20.9 Å². The van der Waals surface area contributed by atoms with Crippen LogP contribution in [-0.4, -0.2) is 43.8 Å². The lowest BCUT2D eigenvalue weighted by molar-refractivity contribution is 0.0386. The van der Waals surface area contributed by atoms with Crippen LogP contribution in [0.4, 0.5) is 0 Å². The summed E-state index contributed by atoms with van der Waals surface area (Å²) in [7, 11) is 3.30. The van der Waals surface area contributed by atoms with Crippen LogP contribution in [0.3, 0.4) is 0 Å². The number of rotatable bonds is 9. The van der Waals surface area contributed by atoms with Crippen molar-refractivity contribution < 1.29 is 14.2 Å². The lowest BCUT2D eigenvalue weighted by Gasteiger charge is -2.26. The van der Waals surface area contributed by atoms with Gasteiger partial charge in [0, 0.05) is 32.1 Å². The summed E-state index contributed by atoms with van der Waals surface area (Å²) in [6, 6.07) is 16.5. The van der Waals surface area contributed by atoms with Crippen LogP contribution in [0.2, 0.25) is 0 Å². The van der Waals surface area contributed by atoms with E-state index in [1.807, 2.05) is 31.2 Å². The zero-order chi connectivity index (χ0) is 19.1. The molecule has 1 aliphatic rings. The Kier molecular flexibility index (Phi) is 6.60. The van der Waals surface area contributed by atoms with Gasteiger partial charge >= 0.3 is 0 Å². The molecule has 0 N–H and O–H groups in total. The molecule has 5 heteroatoms. The molecule has 0 fully saturated rings. The van der Waals surface area contributed by atoms with E-state index in [0.29, 0.717) is 6.61 Å². The van der Waals surface area contributed by atoms with E-state index in [9.17, 15) is 0 Å². The molecule has 0 amide bonds. The van der Waals surface area contributed by atoms with Gasteiger partial charge in [-0.1, -0.05) is 36.4 Å². The van der Waals surface area contributed by atoms with Crippen molar-refractivity contribution in [3.8, 4) is 11.5 Å². The van der Waals surface area contributed by atoms with Gasteiger partial charge in [-0.15, -0.1) is 0 Å². The minimum absolute atomic E-state index is 0.0314. The van der Waals surface area contributed by atoms with Crippen LogP contribution in [0.5, 0.6) is 11.5 Å². The largest absolute Gasteiger partial charge is 0.493 e. The highest BCUT2D eigenvalue weighted by Crippen LogP contribution is 2.31. The minimum atomic E-state index is -0.0314. The van der Waals surface area contributed by atoms with E-state index < -0.39 is 0 Å². The molecule has 0 bridgehead atoms. The second kappa shape index (κ2) is 9.33. The fourth-order valence-corrected chi connectivity index (χ4v) is 3.28. The lowest BCUT2D eigenvalue weighted by atomic mass is 10.1. The molecule has 0 radical (unpaired) electrons. The Labute approximate surface area is 161 Å². The van der Waals surface area contributed by atoms with E-state index in [0.717, 1.165) is 36.8 Å². The SMILES string of the molecule is CCOC(CN1C=CN(Cc2ccccc2)C1)c1ccc(OC)c(OC)c1. The third-order valence-electron chi connectivity index (χ3n) is 4.63. The summed E-state index contributed by atoms with van der Waals surface area (Å²) in [5, 5.41) is 0. The molecule has 144 valence electrons. The highest BCUT2D eigenvalue weighted by atomic mass is 16.5. The van der Waals surface area contributed by atoms with Gasteiger partial charge in [-0.2, -0.15) is 0 Å². The molecule has 1 heterocycles. The number of methoxy groups -OCH3 is 2. The second-order valence-electron chi connectivity index (χ2n) is 6.50. The van der Waals surface area contributed by atoms with E-state index in [1.54, 1.807) is 14.2 Å². The van der Waals surface area contributed by atoms with E-state index in [2.05, 4.69) is 46.5 Å². The van der Waals surface area contributed by atoms with Crippen molar-refractivity contribution >= 4 is 0 Å². The van der Waals surface area contributed by atoms with Gasteiger partial charge in [-0.25, -0.2) is 0 Å². The summed E-state index contributed by atoms with van der Waals surface area (Å²) in [6.07, 6.45) is 4.25. The zero-order valence-corrected chi connectivity index (χ0v) is 16.3. The first-order valence-electron chi connectivity index (χ1n) is 9.27. The van der Waals surface area contributed by atoms with Crippen LogP contribution in [0, 0.1) is 0 Å². The molecule has 0 aliphatic carbocycles. The van der Waals surface area contributed by atoms with Crippen molar-refractivity contribution in [1.29, 1.82) is 0 Å². The Balaban J connectivity index is 1.64. The molecule has 2 aromatic rings. The molecule has 3 rings (SSSR count). The number of hydrogen-bond donors (Lipinski definition) is 0. The molecule has 5 nitrogen and oxygen atoms in total. The predicted octanol–water partition coefficient (Wildman–Crippen LogP) is 4.03. The van der Waals surface area contributed by atoms with Gasteiger partial charge in [0.15, 0.2) is 11.5 Å². The Bertz CT molecular complexity index is 748. The van der Waals surface area contributed by atoms with Gasteiger partial charge in [-0.3, -0.25) is 0 Å². The van der Waals surface area contributed by atoms with Crippen molar-refractivity contribution in [1.82, 2.24) is 9.80 Å². The second-order valence-corrected chi connectivity index (χ2v) is 6.50. The van der Waals surface area contributed by atoms with Gasteiger partial charge in [0.2, 0.25) is 0 Å². The Morgan fingerprint density at radius 2 is 1.67 bits per heavy atom. The third kappa shape index (κ3) is 4.95. The summed E-state index contributed by atoms with van der Waals surface area (Å²) >= 11 is 0. The average Bonchev–Trinajstić information content (AvgIpc) is 3.14. The van der Waals surface area contributed by atoms with Crippen LogP contribution in [0.25, 0.3) is 0 Å². The summed E-state index contributed by atoms with van der Waals surface area (Å²) < 4.78 is 16.8. The maximum atomic E-state index is 6.03. The average molecular weight is 368 g/mol. The Morgan fingerprint density at radius 1 is 0.926 bits per heavy atom. The number of ether oxygens (including phenoxy) is 3. The van der Waals surface area contributed by atoms with Crippen molar-refractivity contribution in [2.24, 2.45) is 0 Å². The van der Waals surface area contributed by atoms with Crippen LogP contribution in [0.1, 0.15) is 24.2 Å². The molecule has 0 saturated carbocycles. The summed E-state index contributed by atoms with van der Waals surface area (Å²) in [5.41, 5.74) is 2.40. The van der Waals surface area contributed by atoms with Crippen LogP contribution in [0.15, 0.2) is 60.9 Å². The maximum Gasteiger partial charge on any atom is 0.161 e. The Hall–Kier alpha value is -2.66. The normalized spacial score (nSPS) is 14.5. The summed E-state index contributed by atoms with van der Waals surface area (Å²) in [4.78, 5) is 4.58. The van der Waals surface area contributed by atoms with E-state index in [4.69, 9.17) is 14.2 Å². The smallest absolute Gasteiger partial charge is 0.161 e. The topological polar surface area (TPSA) is 34.2 Å². The fraction of sp³-hybridized carbons (Fsp3) is 0.364. The summed E-state index contributed by atoms with van der Waals surface area (Å²) in [6.45, 7) is 5.22. The molecule has 1 atom stereocenters. The standard InChI is InChI=1S/C22H28N2O3/c1-4-27-22(19-10-11-20(25-2)21(14-19)26-3)16-24-13-12-23(17-24)15-18-8-6-5-7-9-18/h5-14,22H,4,15-17H2,1-3H3. The van der Waals surface area contributed by atoms with Crippen molar-refractivity contribution in [2.75, 3.05) is 34.0 Å². The molecule has 0 saturated heterocycles.